The van der Waals surface area contributed by atoms with Gasteiger partial charge in [-0.1, -0.05) is 303 Å². The van der Waals surface area contributed by atoms with Crippen LogP contribution in [0.3, 0.4) is 0 Å². The summed E-state index contributed by atoms with van der Waals surface area (Å²) in [7, 11) is 0. The van der Waals surface area contributed by atoms with Crippen LogP contribution in [0.2, 0.25) is 0 Å². The SMILES string of the molecule is CCCCCCCCCCCCCCCCCCCCCC(O)C(CO)NC(=O)CCCCCCCCCCCCCCCCCCCOC(=O)CCCCCCCCCCCCCC. The van der Waals surface area contributed by atoms with Gasteiger partial charge in [0.25, 0.3) is 0 Å². The van der Waals surface area contributed by atoms with E-state index >= 15 is 0 Å². The average Bonchev–Trinajstić information content (AvgIpc) is 3.31. The summed E-state index contributed by atoms with van der Waals surface area (Å²) in [5.41, 5.74) is 0. The van der Waals surface area contributed by atoms with Crippen molar-refractivity contribution in [1.82, 2.24) is 5.32 Å². The molecule has 0 fully saturated rings. The monoisotopic (exact) mass is 920 g/mol. The van der Waals surface area contributed by atoms with Crippen LogP contribution in [0.25, 0.3) is 0 Å². The van der Waals surface area contributed by atoms with Crippen molar-refractivity contribution in [2.24, 2.45) is 0 Å². The van der Waals surface area contributed by atoms with E-state index < -0.39 is 12.1 Å². The molecule has 0 aliphatic carbocycles. The maximum atomic E-state index is 12.5. The number of rotatable bonds is 56. The molecule has 2 unspecified atom stereocenters. The average molecular weight is 921 g/mol. The lowest BCUT2D eigenvalue weighted by atomic mass is 10.0. The highest BCUT2D eigenvalue weighted by molar-refractivity contribution is 5.76. The topological polar surface area (TPSA) is 95.9 Å². The lowest BCUT2D eigenvalue weighted by Crippen LogP contribution is -2.45. The highest BCUT2D eigenvalue weighted by Crippen LogP contribution is 2.18. The minimum absolute atomic E-state index is 0.00721. The number of unbranched alkanes of at least 4 members (excludes halogenated alkanes) is 45. The zero-order chi connectivity index (χ0) is 47.2. The standard InChI is InChI=1S/C59H117NO5/c1-3-5-7-9-11-13-15-17-18-19-20-22-25-28-31-35-39-43-47-51-57(62)56(55-61)60-58(63)52-48-44-40-36-32-29-26-23-21-24-27-30-34-38-42-46-50-54-65-59(64)53-49-45-41-37-33-16-14-12-10-8-6-4-2/h56-57,61-62H,3-55H2,1-2H3,(H,60,63). The quantitative estimate of drug-likeness (QED) is 0.0417. The van der Waals surface area contributed by atoms with Crippen LogP contribution < -0.4 is 5.32 Å². The van der Waals surface area contributed by atoms with Crippen molar-refractivity contribution < 1.29 is 24.5 Å². The van der Waals surface area contributed by atoms with E-state index in [4.69, 9.17) is 4.74 Å². The molecule has 0 aliphatic heterocycles. The Balaban J connectivity index is 3.41. The minimum atomic E-state index is -0.667. The Morgan fingerprint density at radius 3 is 0.938 bits per heavy atom. The summed E-state index contributed by atoms with van der Waals surface area (Å²) in [5.74, 6) is -0.0290. The van der Waals surface area contributed by atoms with Crippen molar-refractivity contribution >= 4 is 11.9 Å². The maximum absolute atomic E-state index is 12.5. The van der Waals surface area contributed by atoms with Crippen molar-refractivity contribution in [2.75, 3.05) is 13.2 Å². The van der Waals surface area contributed by atoms with Gasteiger partial charge < -0.3 is 20.3 Å². The Morgan fingerprint density at radius 1 is 0.369 bits per heavy atom. The van der Waals surface area contributed by atoms with Gasteiger partial charge in [-0.25, -0.2) is 0 Å². The van der Waals surface area contributed by atoms with Crippen LogP contribution in [0.15, 0.2) is 0 Å². The molecule has 0 bridgehead atoms. The second-order valence-electron chi connectivity index (χ2n) is 20.7. The molecule has 0 aromatic carbocycles. The van der Waals surface area contributed by atoms with Crippen LogP contribution in [-0.4, -0.2) is 47.4 Å². The Kier molecular flexibility index (Phi) is 54.5. The number of aliphatic hydroxyl groups is 2. The molecule has 388 valence electrons. The van der Waals surface area contributed by atoms with Crippen molar-refractivity contribution in [3.8, 4) is 0 Å². The third-order valence-electron chi connectivity index (χ3n) is 14.2. The first kappa shape index (κ1) is 63.9. The predicted molar refractivity (Wildman–Crippen MR) is 283 cm³/mol. The van der Waals surface area contributed by atoms with E-state index in [0.717, 1.165) is 38.5 Å². The Labute approximate surface area is 406 Å². The molecule has 0 heterocycles. The fourth-order valence-corrected chi connectivity index (χ4v) is 9.58. The molecule has 0 aromatic heterocycles. The second kappa shape index (κ2) is 55.5. The lowest BCUT2D eigenvalue weighted by molar-refractivity contribution is -0.143. The van der Waals surface area contributed by atoms with Gasteiger partial charge in [-0.05, 0) is 25.7 Å². The Morgan fingerprint density at radius 2 is 0.631 bits per heavy atom. The third kappa shape index (κ3) is 52.1. The zero-order valence-electron chi connectivity index (χ0n) is 44.3. The number of carbonyl (C=O) groups excluding carboxylic acids is 2. The zero-order valence-corrected chi connectivity index (χ0v) is 44.3. The van der Waals surface area contributed by atoms with Crippen molar-refractivity contribution in [3.05, 3.63) is 0 Å². The van der Waals surface area contributed by atoms with Crippen molar-refractivity contribution in [1.29, 1.82) is 0 Å². The van der Waals surface area contributed by atoms with Crippen LogP contribution in [0, 0.1) is 0 Å². The van der Waals surface area contributed by atoms with Gasteiger partial charge in [-0.2, -0.15) is 0 Å². The maximum Gasteiger partial charge on any atom is 0.305 e. The molecule has 0 aliphatic rings. The van der Waals surface area contributed by atoms with Gasteiger partial charge in [0.2, 0.25) is 5.91 Å². The number of ether oxygens (including phenoxy) is 1. The molecule has 6 heteroatoms. The van der Waals surface area contributed by atoms with Gasteiger partial charge in [0.15, 0.2) is 0 Å². The smallest absolute Gasteiger partial charge is 0.305 e. The highest BCUT2D eigenvalue weighted by atomic mass is 16.5. The van der Waals surface area contributed by atoms with E-state index in [0.29, 0.717) is 25.9 Å². The molecule has 6 nitrogen and oxygen atoms in total. The number of carbonyl (C=O) groups is 2. The Bertz CT molecular complexity index is 928. The first-order valence-electron chi connectivity index (χ1n) is 29.8. The summed E-state index contributed by atoms with van der Waals surface area (Å²) in [6, 6.07) is -0.544. The summed E-state index contributed by atoms with van der Waals surface area (Å²) in [6.07, 6.45) is 63.8. The molecule has 65 heavy (non-hydrogen) atoms. The molecular formula is C59H117NO5. The number of amides is 1. The Hall–Kier alpha value is -1.14. The number of hydrogen-bond acceptors (Lipinski definition) is 5. The van der Waals surface area contributed by atoms with Gasteiger partial charge in [0, 0.05) is 12.8 Å². The summed E-state index contributed by atoms with van der Waals surface area (Å²) >= 11 is 0. The predicted octanol–water partition coefficient (Wildman–Crippen LogP) is 18.3. The fourth-order valence-electron chi connectivity index (χ4n) is 9.58. The van der Waals surface area contributed by atoms with E-state index in [9.17, 15) is 19.8 Å². The first-order chi connectivity index (χ1) is 32.0. The number of nitrogens with one attached hydrogen (secondary N) is 1. The van der Waals surface area contributed by atoms with E-state index in [1.165, 1.54) is 270 Å². The van der Waals surface area contributed by atoms with Crippen molar-refractivity contribution in [3.63, 3.8) is 0 Å². The van der Waals surface area contributed by atoms with E-state index in [1.807, 2.05) is 0 Å². The van der Waals surface area contributed by atoms with Crippen LogP contribution in [-0.2, 0) is 14.3 Å². The van der Waals surface area contributed by atoms with Gasteiger partial charge in [0.05, 0.1) is 25.4 Å². The number of aliphatic hydroxyl groups excluding tert-OH is 2. The lowest BCUT2D eigenvalue weighted by Gasteiger charge is -2.22. The summed E-state index contributed by atoms with van der Waals surface area (Å²) in [5, 5.41) is 23.3. The van der Waals surface area contributed by atoms with Gasteiger partial charge in [-0.15, -0.1) is 0 Å². The van der Waals surface area contributed by atoms with Gasteiger partial charge >= 0.3 is 5.97 Å². The molecule has 0 radical (unpaired) electrons. The normalized spacial score (nSPS) is 12.5. The molecule has 0 saturated carbocycles. The van der Waals surface area contributed by atoms with E-state index in [2.05, 4.69) is 19.2 Å². The number of esters is 1. The van der Waals surface area contributed by atoms with Crippen LogP contribution in [0.5, 0.6) is 0 Å². The highest BCUT2D eigenvalue weighted by Gasteiger charge is 2.20. The van der Waals surface area contributed by atoms with Crippen LogP contribution >= 0.6 is 0 Å². The van der Waals surface area contributed by atoms with Gasteiger partial charge in [-0.3, -0.25) is 9.59 Å². The molecule has 1 amide bonds. The number of hydrogen-bond donors (Lipinski definition) is 3. The molecular weight excluding hydrogens is 803 g/mol. The van der Waals surface area contributed by atoms with Crippen LogP contribution in [0.1, 0.15) is 341 Å². The largest absolute Gasteiger partial charge is 0.466 e. The van der Waals surface area contributed by atoms with Gasteiger partial charge in [0.1, 0.15) is 0 Å². The van der Waals surface area contributed by atoms with E-state index in [1.54, 1.807) is 0 Å². The van der Waals surface area contributed by atoms with Crippen molar-refractivity contribution in [2.45, 2.75) is 353 Å². The fraction of sp³-hybridized carbons (Fsp3) is 0.966. The van der Waals surface area contributed by atoms with Crippen LogP contribution in [0.4, 0.5) is 0 Å². The second-order valence-corrected chi connectivity index (χ2v) is 20.7. The summed E-state index contributed by atoms with van der Waals surface area (Å²) in [6.45, 7) is 4.97. The molecule has 0 spiro atoms. The molecule has 0 rings (SSSR count). The minimum Gasteiger partial charge on any atom is -0.466 e. The summed E-state index contributed by atoms with van der Waals surface area (Å²) in [4.78, 5) is 24.5. The molecule has 0 saturated heterocycles. The van der Waals surface area contributed by atoms with E-state index in [-0.39, 0.29) is 18.5 Å². The first-order valence-corrected chi connectivity index (χ1v) is 29.8. The molecule has 0 aromatic rings. The molecule has 2 atom stereocenters. The molecule has 3 N–H and O–H groups in total. The summed E-state index contributed by atoms with van der Waals surface area (Å²) < 4.78 is 5.47. The third-order valence-corrected chi connectivity index (χ3v) is 14.2.